The molecular formula is C13H18ClN3OS. The van der Waals surface area contributed by atoms with Crippen LogP contribution in [0.25, 0.3) is 10.8 Å². The van der Waals surface area contributed by atoms with E-state index in [2.05, 4.69) is 33.8 Å². The van der Waals surface area contributed by atoms with Gasteiger partial charge in [0.1, 0.15) is 0 Å². The Kier molecular flexibility index (Phi) is 4.60. The fourth-order valence-electron chi connectivity index (χ4n) is 2.01. The van der Waals surface area contributed by atoms with E-state index in [1.165, 1.54) is 18.4 Å². The molecule has 0 spiro atoms. The maximum Gasteiger partial charge on any atom is 0.268 e. The van der Waals surface area contributed by atoms with Crippen LogP contribution in [0.1, 0.15) is 37.1 Å². The number of hydrogen-bond acceptors (Lipinski definition) is 5. The highest BCUT2D eigenvalue weighted by Gasteiger charge is 2.29. The number of nitrogens with one attached hydrogen (secondary N) is 1. The van der Waals surface area contributed by atoms with Crippen molar-refractivity contribution >= 4 is 23.7 Å². The van der Waals surface area contributed by atoms with E-state index in [0.717, 1.165) is 23.0 Å². The zero-order chi connectivity index (χ0) is 12.5. The molecule has 0 radical (unpaired) electrons. The summed E-state index contributed by atoms with van der Waals surface area (Å²) in [7, 11) is 1.94. The molecule has 1 fully saturated rings. The molecule has 3 rings (SSSR count). The van der Waals surface area contributed by atoms with E-state index in [4.69, 9.17) is 4.52 Å². The Morgan fingerprint density at radius 1 is 1.53 bits per heavy atom. The van der Waals surface area contributed by atoms with Crippen LogP contribution in [-0.2, 0) is 6.42 Å². The van der Waals surface area contributed by atoms with Gasteiger partial charge in [0.05, 0.1) is 4.88 Å². The third-order valence-corrected chi connectivity index (χ3v) is 4.27. The zero-order valence-corrected chi connectivity index (χ0v) is 12.7. The molecule has 4 nitrogen and oxygen atoms in total. The van der Waals surface area contributed by atoms with Gasteiger partial charge in [-0.05, 0) is 49.7 Å². The number of aromatic nitrogens is 2. The number of nitrogens with zero attached hydrogens (tertiary/aromatic N) is 2. The second-order valence-electron chi connectivity index (χ2n) is 4.89. The van der Waals surface area contributed by atoms with Crippen molar-refractivity contribution in [3.05, 3.63) is 22.8 Å². The maximum absolute atomic E-state index is 5.39. The SMILES string of the molecule is CNC(C)Cc1noc(-c2sccc2C2CC2)n1.Cl. The van der Waals surface area contributed by atoms with Crippen molar-refractivity contribution in [1.29, 1.82) is 0 Å². The molecule has 1 unspecified atom stereocenters. The van der Waals surface area contributed by atoms with E-state index in [1.807, 2.05) is 7.05 Å². The lowest BCUT2D eigenvalue weighted by atomic mass is 10.1. The molecule has 104 valence electrons. The van der Waals surface area contributed by atoms with Gasteiger partial charge in [-0.1, -0.05) is 5.16 Å². The summed E-state index contributed by atoms with van der Waals surface area (Å²) in [6.07, 6.45) is 3.38. The van der Waals surface area contributed by atoms with E-state index in [0.29, 0.717) is 11.9 Å². The van der Waals surface area contributed by atoms with Crippen LogP contribution in [0.4, 0.5) is 0 Å². The molecule has 0 saturated heterocycles. The van der Waals surface area contributed by atoms with E-state index >= 15 is 0 Å². The molecule has 2 heterocycles. The molecule has 2 aromatic heterocycles. The van der Waals surface area contributed by atoms with Crippen LogP contribution in [-0.4, -0.2) is 23.2 Å². The Bertz CT molecular complexity index is 535. The van der Waals surface area contributed by atoms with Gasteiger partial charge in [-0.2, -0.15) is 4.98 Å². The van der Waals surface area contributed by atoms with Crippen LogP contribution in [0.5, 0.6) is 0 Å². The smallest absolute Gasteiger partial charge is 0.268 e. The molecular weight excluding hydrogens is 282 g/mol. The van der Waals surface area contributed by atoms with Crippen molar-refractivity contribution in [3.8, 4) is 10.8 Å². The first kappa shape index (κ1) is 14.5. The minimum atomic E-state index is 0. The van der Waals surface area contributed by atoms with Crippen molar-refractivity contribution in [2.24, 2.45) is 0 Å². The Balaban J connectivity index is 0.00000133. The number of rotatable bonds is 5. The molecule has 0 bridgehead atoms. The zero-order valence-electron chi connectivity index (χ0n) is 11.0. The highest BCUT2D eigenvalue weighted by Crippen LogP contribution is 2.46. The molecule has 0 amide bonds. The fraction of sp³-hybridized carbons (Fsp3) is 0.538. The molecule has 1 aliphatic carbocycles. The lowest BCUT2D eigenvalue weighted by Gasteiger charge is -2.04. The van der Waals surface area contributed by atoms with Crippen molar-refractivity contribution in [3.63, 3.8) is 0 Å². The van der Waals surface area contributed by atoms with Gasteiger partial charge in [0.15, 0.2) is 5.82 Å². The monoisotopic (exact) mass is 299 g/mol. The normalized spacial score (nSPS) is 16.1. The Labute approximate surface area is 123 Å². The topological polar surface area (TPSA) is 51.0 Å². The second kappa shape index (κ2) is 6.03. The molecule has 1 saturated carbocycles. The molecule has 1 aliphatic rings. The standard InChI is InChI=1S/C13H17N3OS.ClH/c1-8(14-2)7-11-15-13(17-16-11)12-10(5-6-18-12)9-3-4-9;/h5-6,8-9,14H,3-4,7H2,1-2H3;1H. The fourth-order valence-corrected chi connectivity index (χ4v) is 2.92. The molecule has 1 atom stereocenters. The first-order chi connectivity index (χ1) is 8.78. The van der Waals surface area contributed by atoms with Gasteiger partial charge < -0.3 is 9.84 Å². The third kappa shape index (κ3) is 3.16. The average molecular weight is 300 g/mol. The summed E-state index contributed by atoms with van der Waals surface area (Å²) in [6, 6.07) is 2.55. The van der Waals surface area contributed by atoms with Gasteiger partial charge in [0.25, 0.3) is 5.89 Å². The van der Waals surface area contributed by atoms with Crippen LogP contribution in [0.2, 0.25) is 0 Å². The predicted molar refractivity (Wildman–Crippen MR) is 79.1 cm³/mol. The van der Waals surface area contributed by atoms with Gasteiger partial charge >= 0.3 is 0 Å². The largest absolute Gasteiger partial charge is 0.333 e. The molecule has 2 aromatic rings. The van der Waals surface area contributed by atoms with Crippen LogP contribution in [0.3, 0.4) is 0 Å². The lowest BCUT2D eigenvalue weighted by molar-refractivity contribution is 0.418. The summed E-state index contributed by atoms with van der Waals surface area (Å²) in [4.78, 5) is 5.66. The van der Waals surface area contributed by atoms with Crippen molar-refractivity contribution in [2.45, 2.75) is 38.1 Å². The van der Waals surface area contributed by atoms with Gasteiger partial charge in [0.2, 0.25) is 0 Å². The minimum absolute atomic E-state index is 0. The van der Waals surface area contributed by atoms with Gasteiger partial charge in [-0.3, -0.25) is 0 Å². The summed E-state index contributed by atoms with van der Waals surface area (Å²) in [5.74, 6) is 2.19. The first-order valence-corrected chi connectivity index (χ1v) is 7.23. The predicted octanol–water partition coefficient (Wildman–Crippen LogP) is 3.25. The minimum Gasteiger partial charge on any atom is -0.333 e. The number of likely N-dealkylation sites (N-methyl/N-ethyl adjacent to an activating group) is 1. The summed E-state index contributed by atoms with van der Waals surface area (Å²) >= 11 is 1.70. The summed E-state index contributed by atoms with van der Waals surface area (Å²) in [6.45, 7) is 2.11. The number of thiophene rings is 1. The van der Waals surface area contributed by atoms with E-state index in [-0.39, 0.29) is 12.4 Å². The average Bonchev–Trinajstić information content (AvgIpc) is 2.92. The number of hydrogen-bond donors (Lipinski definition) is 1. The molecule has 6 heteroatoms. The van der Waals surface area contributed by atoms with Crippen LogP contribution in [0.15, 0.2) is 16.0 Å². The van der Waals surface area contributed by atoms with Crippen molar-refractivity contribution in [1.82, 2.24) is 15.5 Å². The lowest BCUT2D eigenvalue weighted by Crippen LogP contribution is -2.24. The third-order valence-electron chi connectivity index (χ3n) is 3.36. The van der Waals surface area contributed by atoms with Crippen LogP contribution in [0, 0.1) is 0 Å². The molecule has 0 aromatic carbocycles. The number of halogens is 1. The highest BCUT2D eigenvalue weighted by molar-refractivity contribution is 7.13. The molecule has 19 heavy (non-hydrogen) atoms. The van der Waals surface area contributed by atoms with Crippen molar-refractivity contribution < 1.29 is 4.52 Å². The first-order valence-electron chi connectivity index (χ1n) is 6.35. The van der Waals surface area contributed by atoms with Gasteiger partial charge in [0, 0.05) is 12.5 Å². The quantitative estimate of drug-likeness (QED) is 0.921. The molecule has 1 N–H and O–H groups in total. The van der Waals surface area contributed by atoms with Crippen molar-refractivity contribution in [2.75, 3.05) is 7.05 Å². The highest BCUT2D eigenvalue weighted by atomic mass is 35.5. The summed E-state index contributed by atoms with van der Waals surface area (Å²) in [5, 5.41) is 9.35. The van der Waals surface area contributed by atoms with Crippen LogP contribution >= 0.6 is 23.7 Å². The van der Waals surface area contributed by atoms with Crippen LogP contribution < -0.4 is 5.32 Å². The Morgan fingerprint density at radius 3 is 3.00 bits per heavy atom. The molecule has 0 aliphatic heterocycles. The van der Waals surface area contributed by atoms with E-state index in [1.54, 1.807) is 11.3 Å². The summed E-state index contributed by atoms with van der Waals surface area (Å²) < 4.78 is 5.39. The summed E-state index contributed by atoms with van der Waals surface area (Å²) in [5.41, 5.74) is 1.39. The Morgan fingerprint density at radius 2 is 2.32 bits per heavy atom. The maximum atomic E-state index is 5.39. The van der Waals surface area contributed by atoms with Gasteiger partial charge in [-0.15, -0.1) is 23.7 Å². The van der Waals surface area contributed by atoms with E-state index < -0.39 is 0 Å². The second-order valence-corrected chi connectivity index (χ2v) is 5.81. The Hall–Kier alpha value is -0.910. The van der Waals surface area contributed by atoms with Gasteiger partial charge in [-0.25, -0.2) is 0 Å². The van der Waals surface area contributed by atoms with E-state index in [9.17, 15) is 0 Å².